The van der Waals surface area contributed by atoms with E-state index in [0.29, 0.717) is 25.3 Å². The Kier molecular flexibility index (Phi) is 6.26. The van der Waals surface area contributed by atoms with E-state index in [0.717, 1.165) is 38.9 Å². The number of carbonyl (C=O) groups excluding carboxylic acids is 1. The van der Waals surface area contributed by atoms with Gasteiger partial charge in [-0.15, -0.1) is 0 Å². The van der Waals surface area contributed by atoms with Crippen LogP contribution in [0.1, 0.15) is 42.2 Å². The zero-order valence-corrected chi connectivity index (χ0v) is 18.3. The number of hydrogen-bond acceptors (Lipinski definition) is 4. The predicted octanol–water partition coefficient (Wildman–Crippen LogP) is 2.30. The molecule has 7 nitrogen and oxygen atoms in total. The minimum Gasteiger partial charge on any atom is -0.342 e. The Hall–Kier alpha value is -2.16. The van der Waals surface area contributed by atoms with E-state index in [1.54, 1.807) is 15.7 Å². The number of piperidine rings is 1. The number of aryl methyl sites for hydroxylation is 1. The summed E-state index contributed by atoms with van der Waals surface area (Å²) in [6, 6.07) is 11.8. The molecule has 1 amide bonds. The molecule has 1 aromatic carbocycles. The first kappa shape index (κ1) is 21.1. The zero-order chi connectivity index (χ0) is 21.1. The van der Waals surface area contributed by atoms with Crippen LogP contribution in [-0.2, 0) is 23.1 Å². The van der Waals surface area contributed by atoms with Crippen LogP contribution in [0.15, 0.2) is 47.5 Å². The fourth-order valence-corrected chi connectivity index (χ4v) is 5.67. The molecule has 162 valence electrons. The van der Waals surface area contributed by atoms with Crippen molar-refractivity contribution >= 4 is 15.9 Å². The molecule has 0 bridgehead atoms. The summed E-state index contributed by atoms with van der Waals surface area (Å²) in [5.41, 5.74) is 1.74. The van der Waals surface area contributed by atoms with E-state index in [9.17, 15) is 13.2 Å². The molecule has 1 saturated heterocycles. The highest BCUT2D eigenvalue weighted by atomic mass is 32.2. The summed E-state index contributed by atoms with van der Waals surface area (Å²) in [4.78, 5) is 17.0. The number of sulfonamides is 1. The fraction of sp³-hybridized carbons (Fsp3) is 0.500. The zero-order valence-electron chi connectivity index (χ0n) is 17.5. The Balaban J connectivity index is 1.39. The highest BCUT2D eigenvalue weighted by Gasteiger charge is 2.29. The molecule has 1 aromatic heterocycles. The summed E-state index contributed by atoms with van der Waals surface area (Å²) >= 11 is 0. The molecule has 8 heteroatoms. The molecule has 3 heterocycles. The molecule has 2 aliphatic heterocycles. The standard InChI is InChI=1S/C22H30N4O3S/c1-2-25-11-6-12-26-17-20(15-21(26)22(25)27)30(28,29)23-19-9-13-24(14-10-19)16-18-7-4-3-5-8-18/h3-5,7-8,15,17,19,23H,2,6,9-14,16H2,1H3. The smallest absolute Gasteiger partial charge is 0.270 e. The van der Waals surface area contributed by atoms with E-state index in [4.69, 9.17) is 0 Å². The van der Waals surface area contributed by atoms with Crippen LogP contribution in [0.5, 0.6) is 0 Å². The minimum atomic E-state index is -3.65. The molecular formula is C22H30N4O3S. The van der Waals surface area contributed by atoms with Gasteiger partial charge in [-0.3, -0.25) is 9.69 Å². The van der Waals surface area contributed by atoms with Crippen LogP contribution in [0.3, 0.4) is 0 Å². The number of nitrogens with one attached hydrogen (secondary N) is 1. The van der Waals surface area contributed by atoms with Gasteiger partial charge in [0.1, 0.15) is 10.6 Å². The van der Waals surface area contributed by atoms with Crippen molar-refractivity contribution in [3.8, 4) is 0 Å². The van der Waals surface area contributed by atoms with E-state index < -0.39 is 10.0 Å². The quantitative estimate of drug-likeness (QED) is 0.763. The number of aromatic nitrogens is 1. The van der Waals surface area contributed by atoms with Crippen molar-refractivity contribution in [2.45, 2.75) is 50.2 Å². The number of carbonyl (C=O) groups is 1. The molecule has 0 radical (unpaired) electrons. The average Bonchev–Trinajstić information content (AvgIpc) is 3.12. The SMILES string of the molecule is CCN1CCCn2cc(S(=O)(=O)NC3CCN(Cc4ccccc4)CC3)cc2C1=O. The second-order valence-electron chi connectivity index (χ2n) is 8.15. The lowest BCUT2D eigenvalue weighted by Gasteiger charge is -2.32. The van der Waals surface area contributed by atoms with E-state index in [2.05, 4.69) is 21.8 Å². The van der Waals surface area contributed by atoms with Gasteiger partial charge in [0.15, 0.2) is 0 Å². The second kappa shape index (κ2) is 8.91. The van der Waals surface area contributed by atoms with E-state index >= 15 is 0 Å². The van der Waals surface area contributed by atoms with Gasteiger partial charge in [0.05, 0.1) is 0 Å². The third kappa shape index (κ3) is 4.61. The van der Waals surface area contributed by atoms with Crippen molar-refractivity contribution in [1.82, 2.24) is 19.1 Å². The largest absolute Gasteiger partial charge is 0.342 e. The Morgan fingerprint density at radius 3 is 2.50 bits per heavy atom. The molecule has 0 saturated carbocycles. The van der Waals surface area contributed by atoms with Gasteiger partial charge >= 0.3 is 0 Å². The third-order valence-corrected chi connectivity index (χ3v) is 7.54. The first-order valence-electron chi connectivity index (χ1n) is 10.7. The molecule has 0 atom stereocenters. The number of nitrogens with zero attached hydrogens (tertiary/aromatic N) is 3. The molecule has 1 N–H and O–H groups in total. The highest BCUT2D eigenvalue weighted by Crippen LogP contribution is 2.21. The van der Waals surface area contributed by atoms with Crippen LogP contribution in [0.25, 0.3) is 0 Å². The van der Waals surface area contributed by atoms with Gasteiger partial charge in [0, 0.05) is 51.5 Å². The third-order valence-electron chi connectivity index (χ3n) is 6.06. The monoisotopic (exact) mass is 430 g/mol. The number of rotatable bonds is 6. The maximum absolute atomic E-state index is 13.0. The lowest BCUT2D eigenvalue weighted by Crippen LogP contribution is -2.44. The Morgan fingerprint density at radius 1 is 1.07 bits per heavy atom. The van der Waals surface area contributed by atoms with Crippen molar-refractivity contribution in [2.24, 2.45) is 0 Å². The van der Waals surface area contributed by atoms with Crippen molar-refractivity contribution < 1.29 is 13.2 Å². The van der Waals surface area contributed by atoms with E-state index in [-0.39, 0.29) is 16.8 Å². The molecule has 0 aliphatic carbocycles. The van der Waals surface area contributed by atoms with Gasteiger partial charge in [-0.25, -0.2) is 13.1 Å². The molecule has 30 heavy (non-hydrogen) atoms. The highest BCUT2D eigenvalue weighted by molar-refractivity contribution is 7.89. The van der Waals surface area contributed by atoms with Crippen LogP contribution in [0.2, 0.25) is 0 Å². The number of likely N-dealkylation sites (tertiary alicyclic amines) is 1. The minimum absolute atomic E-state index is 0.0791. The van der Waals surface area contributed by atoms with Gasteiger partial charge < -0.3 is 9.47 Å². The molecular weight excluding hydrogens is 400 g/mol. The molecule has 1 fully saturated rings. The fourth-order valence-electron chi connectivity index (χ4n) is 4.33. The van der Waals surface area contributed by atoms with E-state index in [1.807, 2.05) is 25.1 Å². The Labute approximate surface area is 178 Å². The second-order valence-corrected chi connectivity index (χ2v) is 9.86. The molecule has 0 spiro atoms. The van der Waals surface area contributed by atoms with Crippen molar-refractivity contribution in [2.75, 3.05) is 26.2 Å². The Bertz CT molecular complexity index is 979. The van der Waals surface area contributed by atoms with Crippen LogP contribution in [-0.4, -0.2) is 60.9 Å². The predicted molar refractivity (Wildman–Crippen MR) is 116 cm³/mol. The van der Waals surface area contributed by atoms with Gasteiger partial charge in [-0.2, -0.15) is 0 Å². The van der Waals surface area contributed by atoms with Gasteiger partial charge in [0.25, 0.3) is 5.91 Å². The number of amides is 1. The summed E-state index contributed by atoms with van der Waals surface area (Å²) in [7, 11) is -3.65. The summed E-state index contributed by atoms with van der Waals surface area (Å²) in [5, 5.41) is 0. The van der Waals surface area contributed by atoms with Crippen LogP contribution >= 0.6 is 0 Å². The summed E-state index contributed by atoms with van der Waals surface area (Å²) in [6.07, 6.45) is 4.00. The topological polar surface area (TPSA) is 74.7 Å². The first-order valence-corrected chi connectivity index (χ1v) is 12.2. The Morgan fingerprint density at radius 2 is 1.80 bits per heavy atom. The molecule has 2 aromatic rings. The maximum Gasteiger partial charge on any atom is 0.270 e. The van der Waals surface area contributed by atoms with Crippen molar-refractivity contribution in [1.29, 1.82) is 0 Å². The summed E-state index contributed by atoms with van der Waals surface area (Å²) in [5.74, 6) is -0.0920. The average molecular weight is 431 g/mol. The number of fused-ring (bicyclic) bond motifs is 1. The normalized spacial score (nSPS) is 19.0. The number of hydrogen-bond donors (Lipinski definition) is 1. The van der Waals surface area contributed by atoms with Crippen molar-refractivity contribution in [3.05, 3.63) is 53.9 Å². The van der Waals surface area contributed by atoms with Crippen LogP contribution in [0.4, 0.5) is 0 Å². The lowest BCUT2D eigenvalue weighted by atomic mass is 10.1. The molecule has 2 aliphatic rings. The summed E-state index contributed by atoms with van der Waals surface area (Å²) in [6.45, 7) is 6.55. The van der Waals surface area contributed by atoms with Crippen LogP contribution < -0.4 is 4.72 Å². The van der Waals surface area contributed by atoms with Crippen LogP contribution in [0, 0.1) is 0 Å². The van der Waals surface area contributed by atoms with Gasteiger partial charge in [0.2, 0.25) is 10.0 Å². The van der Waals surface area contributed by atoms with E-state index in [1.165, 1.54) is 11.6 Å². The molecule has 4 rings (SSSR count). The van der Waals surface area contributed by atoms with Gasteiger partial charge in [-0.1, -0.05) is 30.3 Å². The van der Waals surface area contributed by atoms with Gasteiger partial charge in [-0.05, 0) is 37.8 Å². The maximum atomic E-state index is 13.0. The molecule has 0 unspecified atom stereocenters. The number of benzene rings is 1. The lowest BCUT2D eigenvalue weighted by molar-refractivity contribution is 0.0766. The van der Waals surface area contributed by atoms with Crippen molar-refractivity contribution in [3.63, 3.8) is 0 Å². The first-order chi connectivity index (χ1) is 14.5. The summed E-state index contributed by atoms with van der Waals surface area (Å²) < 4.78 is 30.6.